The summed E-state index contributed by atoms with van der Waals surface area (Å²) in [6, 6.07) is 11.1. The van der Waals surface area contributed by atoms with Crippen LogP contribution >= 0.6 is 0 Å². The lowest BCUT2D eigenvalue weighted by molar-refractivity contribution is -0.384. The number of rotatable bonds is 9. The number of nitrogens with one attached hydrogen (secondary N) is 3. The number of benzene rings is 3. The number of nitrogens with zero attached hydrogens (tertiary/aromatic N) is 2. The normalized spacial score (nSPS) is 12.5. The summed E-state index contributed by atoms with van der Waals surface area (Å²) in [6.07, 6.45) is 0. The molecule has 1 heterocycles. The molecule has 5 N–H and O–H groups in total. The molecule has 0 aromatic heterocycles. The monoisotopic (exact) mass is 504 g/mol. The van der Waals surface area contributed by atoms with Gasteiger partial charge in [-0.2, -0.15) is 0 Å². The molecule has 0 aliphatic carbocycles. The molecule has 3 aromatic rings. The number of hydrogen-bond acceptors (Lipinski definition) is 8. The highest BCUT2D eigenvalue weighted by Gasteiger charge is 2.36. The van der Waals surface area contributed by atoms with Gasteiger partial charge < -0.3 is 21.7 Å². The summed E-state index contributed by atoms with van der Waals surface area (Å²) in [5.74, 6) is -2.53. The fourth-order valence-corrected chi connectivity index (χ4v) is 4.17. The minimum absolute atomic E-state index is 0.0170. The zero-order chi connectivity index (χ0) is 26.7. The molecule has 1 aliphatic heterocycles. The second-order valence-corrected chi connectivity index (χ2v) is 8.24. The van der Waals surface area contributed by atoms with Gasteiger partial charge in [0.05, 0.1) is 16.2 Å². The predicted octanol–water partition coefficient (Wildman–Crippen LogP) is 1.19. The van der Waals surface area contributed by atoms with E-state index in [0.717, 1.165) is 11.0 Å². The molecule has 1 aliphatic rings. The molecule has 0 unspecified atom stereocenters. The van der Waals surface area contributed by atoms with Gasteiger partial charge in [-0.05, 0) is 29.7 Å². The summed E-state index contributed by atoms with van der Waals surface area (Å²) < 4.78 is 0. The molecule has 0 saturated heterocycles. The maximum Gasteiger partial charge on any atom is 0.270 e. The van der Waals surface area contributed by atoms with Crippen LogP contribution in [0.15, 0.2) is 48.5 Å². The summed E-state index contributed by atoms with van der Waals surface area (Å²) in [5, 5.41) is 20.4. The number of carbonyl (C=O) groups excluding carboxylic acids is 4. The highest BCUT2D eigenvalue weighted by Crippen LogP contribution is 2.36. The quantitative estimate of drug-likeness (QED) is 0.145. The van der Waals surface area contributed by atoms with Gasteiger partial charge in [-0.1, -0.05) is 12.1 Å². The molecule has 0 bridgehead atoms. The Morgan fingerprint density at radius 2 is 1.65 bits per heavy atom. The van der Waals surface area contributed by atoms with Crippen molar-refractivity contribution < 1.29 is 24.1 Å². The Balaban J connectivity index is 1.78. The molecule has 0 fully saturated rings. The number of nitro groups is 1. The molecule has 3 aromatic carbocycles. The lowest BCUT2D eigenvalue weighted by Crippen LogP contribution is -2.41. The molecule has 12 heteroatoms. The molecule has 0 radical (unpaired) electrons. The number of imide groups is 1. The SMILES string of the molecule is CNC(=O)c1cc(C(=O)NCCNCCN)cc(N2C(=O)c3cccc4cc([N+](=O)[O-])cc(c34)C2=O)c1. The van der Waals surface area contributed by atoms with E-state index in [1.54, 1.807) is 12.1 Å². The first-order valence-corrected chi connectivity index (χ1v) is 11.4. The number of carbonyl (C=O) groups is 4. The Hall–Kier alpha value is -4.68. The Morgan fingerprint density at radius 3 is 2.32 bits per heavy atom. The van der Waals surface area contributed by atoms with Gasteiger partial charge in [-0.15, -0.1) is 0 Å². The van der Waals surface area contributed by atoms with E-state index in [1.165, 1.54) is 37.4 Å². The highest BCUT2D eigenvalue weighted by atomic mass is 16.6. The summed E-state index contributed by atoms with van der Waals surface area (Å²) >= 11 is 0. The van der Waals surface area contributed by atoms with E-state index >= 15 is 0 Å². The fraction of sp³-hybridized carbons (Fsp3) is 0.200. The largest absolute Gasteiger partial charge is 0.355 e. The third-order valence-corrected chi connectivity index (χ3v) is 5.88. The van der Waals surface area contributed by atoms with E-state index < -0.39 is 28.6 Å². The summed E-state index contributed by atoms with van der Waals surface area (Å²) in [6.45, 7) is 1.77. The molecule has 0 atom stereocenters. The van der Waals surface area contributed by atoms with Crippen molar-refractivity contribution in [2.45, 2.75) is 0 Å². The van der Waals surface area contributed by atoms with E-state index in [9.17, 15) is 29.3 Å². The first-order chi connectivity index (χ1) is 17.8. The van der Waals surface area contributed by atoms with Crippen LogP contribution in [0, 0.1) is 10.1 Å². The zero-order valence-electron chi connectivity index (χ0n) is 19.9. The smallest absolute Gasteiger partial charge is 0.270 e. The molecular formula is C25H24N6O6. The van der Waals surface area contributed by atoms with Crippen molar-refractivity contribution in [1.29, 1.82) is 0 Å². The third kappa shape index (κ3) is 4.87. The Kier molecular flexibility index (Phi) is 7.22. The van der Waals surface area contributed by atoms with Crippen molar-refractivity contribution in [2.24, 2.45) is 5.73 Å². The average Bonchev–Trinajstić information content (AvgIpc) is 2.90. The second kappa shape index (κ2) is 10.5. The number of hydrogen-bond donors (Lipinski definition) is 4. The summed E-state index contributed by atoms with van der Waals surface area (Å²) in [5.41, 5.74) is 5.36. The van der Waals surface area contributed by atoms with Crippen LogP contribution in [0.3, 0.4) is 0 Å². The molecule has 190 valence electrons. The third-order valence-electron chi connectivity index (χ3n) is 5.88. The van der Waals surface area contributed by atoms with Gasteiger partial charge in [-0.3, -0.25) is 29.3 Å². The van der Waals surface area contributed by atoms with Crippen LogP contribution in [0.1, 0.15) is 41.4 Å². The van der Waals surface area contributed by atoms with Crippen molar-refractivity contribution in [2.75, 3.05) is 38.1 Å². The van der Waals surface area contributed by atoms with Crippen molar-refractivity contribution in [3.8, 4) is 0 Å². The van der Waals surface area contributed by atoms with Gasteiger partial charge in [0.15, 0.2) is 0 Å². The van der Waals surface area contributed by atoms with Crippen LogP contribution in [0.4, 0.5) is 11.4 Å². The molecule has 0 saturated carbocycles. The van der Waals surface area contributed by atoms with Crippen LogP contribution in [0.25, 0.3) is 10.8 Å². The van der Waals surface area contributed by atoms with Gasteiger partial charge in [-0.25, -0.2) is 4.90 Å². The number of amides is 4. The van der Waals surface area contributed by atoms with E-state index in [1.807, 2.05) is 0 Å². The summed E-state index contributed by atoms with van der Waals surface area (Å²) in [7, 11) is 1.41. The first kappa shape index (κ1) is 25.4. The molecular weight excluding hydrogens is 480 g/mol. The topological polar surface area (TPSA) is 177 Å². The highest BCUT2D eigenvalue weighted by molar-refractivity contribution is 6.36. The van der Waals surface area contributed by atoms with Gasteiger partial charge in [0.25, 0.3) is 29.3 Å². The van der Waals surface area contributed by atoms with Crippen molar-refractivity contribution in [3.05, 3.63) is 80.9 Å². The number of anilines is 1. The van der Waals surface area contributed by atoms with Gasteiger partial charge in [0.1, 0.15) is 0 Å². The predicted molar refractivity (Wildman–Crippen MR) is 136 cm³/mol. The van der Waals surface area contributed by atoms with E-state index in [2.05, 4.69) is 16.0 Å². The molecule has 12 nitrogen and oxygen atoms in total. The second-order valence-electron chi connectivity index (χ2n) is 8.24. The Morgan fingerprint density at radius 1 is 0.946 bits per heavy atom. The van der Waals surface area contributed by atoms with E-state index in [-0.39, 0.29) is 40.2 Å². The van der Waals surface area contributed by atoms with Crippen LogP contribution < -0.4 is 26.6 Å². The van der Waals surface area contributed by atoms with Gasteiger partial charge in [0.2, 0.25) is 0 Å². The lowest BCUT2D eigenvalue weighted by atomic mass is 9.92. The lowest BCUT2D eigenvalue weighted by Gasteiger charge is -2.27. The zero-order valence-corrected chi connectivity index (χ0v) is 19.9. The van der Waals surface area contributed by atoms with E-state index in [4.69, 9.17) is 5.73 Å². The van der Waals surface area contributed by atoms with Crippen LogP contribution in [0.5, 0.6) is 0 Å². The molecule has 4 rings (SSSR count). The van der Waals surface area contributed by atoms with Crippen LogP contribution in [0.2, 0.25) is 0 Å². The summed E-state index contributed by atoms with van der Waals surface area (Å²) in [4.78, 5) is 64.0. The minimum atomic E-state index is -0.802. The van der Waals surface area contributed by atoms with Gasteiger partial charge >= 0.3 is 0 Å². The number of nitrogens with two attached hydrogens (primary N) is 1. The molecule has 4 amide bonds. The average molecular weight is 505 g/mol. The number of nitro benzene ring substituents is 1. The van der Waals surface area contributed by atoms with Crippen molar-refractivity contribution in [3.63, 3.8) is 0 Å². The Bertz CT molecular complexity index is 1450. The maximum atomic E-state index is 13.6. The van der Waals surface area contributed by atoms with Crippen molar-refractivity contribution in [1.82, 2.24) is 16.0 Å². The number of non-ortho nitro benzene ring substituents is 1. The van der Waals surface area contributed by atoms with Crippen LogP contribution in [-0.4, -0.2) is 61.8 Å². The molecule has 37 heavy (non-hydrogen) atoms. The maximum absolute atomic E-state index is 13.6. The van der Waals surface area contributed by atoms with E-state index in [0.29, 0.717) is 30.4 Å². The Labute approximate surface area is 210 Å². The minimum Gasteiger partial charge on any atom is -0.355 e. The van der Waals surface area contributed by atoms with Crippen molar-refractivity contribution >= 4 is 45.8 Å². The van der Waals surface area contributed by atoms with Gasteiger partial charge in [0, 0.05) is 67.4 Å². The molecule has 0 spiro atoms. The standard InChI is InChI=1S/C25H24N6O6/c1-27-22(32)15-9-16(23(33)29-8-7-28-6-5-26)12-17(11-15)30-24(34)19-4-2-3-14-10-18(31(36)37)13-20(21(14)19)25(30)35/h2-4,9-13,28H,5-8,26H2,1H3,(H,27,32)(H,29,33). The van der Waals surface area contributed by atoms with Crippen LogP contribution in [-0.2, 0) is 0 Å². The fourth-order valence-electron chi connectivity index (χ4n) is 4.17. The first-order valence-electron chi connectivity index (χ1n) is 11.4.